The molecule has 0 aliphatic heterocycles. The van der Waals surface area contributed by atoms with E-state index in [0.29, 0.717) is 13.1 Å². The summed E-state index contributed by atoms with van der Waals surface area (Å²) < 4.78 is 7.16. The molecule has 3 aromatic rings. The number of hydrogen-bond acceptors (Lipinski definition) is 5. The third kappa shape index (κ3) is 2.90. The van der Waals surface area contributed by atoms with Crippen LogP contribution in [0.5, 0.6) is 0 Å². The highest BCUT2D eigenvalue weighted by Gasteiger charge is 2.12. The largest absolute Gasteiger partial charge is 0.392 e. The van der Waals surface area contributed by atoms with Crippen LogP contribution in [0.1, 0.15) is 18.4 Å². The van der Waals surface area contributed by atoms with Crippen molar-refractivity contribution in [2.75, 3.05) is 11.9 Å². The van der Waals surface area contributed by atoms with Crippen LogP contribution in [-0.4, -0.2) is 32.5 Å². The summed E-state index contributed by atoms with van der Waals surface area (Å²) in [5.74, 6) is 1.51. The van der Waals surface area contributed by atoms with Crippen LogP contribution in [-0.2, 0) is 6.54 Å². The Balaban J connectivity index is 1.98. The van der Waals surface area contributed by atoms with E-state index < -0.39 is 6.10 Å². The summed E-state index contributed by atoms with van der Waals surface area (Å²) in [7, 11) is 0. The van der Waals surface area contributed by atoms with Crippen molar-refractivity contribution in [1.82, 2.24) is 14.7 Å². The first kappa shape index (κ1) is 13.6. The van der Waals surface area contributed by atoms with Crippen molar-refractivity contribution >= 4 is 17.0 Å². The third-order valence-electron chi connectivity index (χ3n) is 3.21. The van der Waals surface area contributed by atoms with Crippen molar-refractivity contribution in [3.8, 4) is 0 Å². The molecule has 0 aliphatic carbocycles. The van der Waals surface area contributed by atoms with Gasteiger partial charge in [-0.25, -0.2) is 4.98 Å². The molecule has 0 aliphatic rings. The summed E-state index contributed by atoms with van der Waals surface area (Å²) in [4.78, 5) is 4.57. The first-order chi connectivity index (χ1) is 10.1. The molecule has 2 N–H and O–H groups in total. The van der Waals surface area contributed by atoms with Crippen molar-refractivity contribution in [3.05, 3.63) is 41.8 Å². The number of aliphatic hydroxyl groups is 1. The maximum absolute atomic E-state index is 9.45. The van der Waals surface area contributed by atoms with E-state index in [0.717, 1.165) is 28.4 Å². The Labute approximate surface area is 122 Å². The molecule has 1 atom stereocenters. The lowest BCUT2D eigenvalue weighted by molar-refractivity contribution is 0.208. The number of nitrogens with one attached hydrogen (secondary N) is 1. The van der Waals surface area contributed by atoms with E-state index in [4.69, 9.17) is 4.52 Å². The number of nitrogens with zero attached hydrogens (tertiary/aromatic N) is 3. The summed E-state index contributed by atoms with van der Waals surface area (Å²) >= 11 is 0. The maximum atomic E-state index is 9.45. The van der Waals surface area contributed by atoms with Gasteiger partial charge in [0.1, 0.15) is 11.5 Å². The second kappa shape index (κ2) is 5.57. The minimum absolute atomic E-state index is 0.437. The van der Waals surface area contributed by atoms with Crippen molar-refractivity contribution in [2.45, 2.75) is 26.5 Å². The molecule has 1 aromatic carbocycles. The minimum atomic E-state index is -0.437. The fraction of sp³-hybridized carbons (Fsp3) is 0.333. The highest BCUT2D eigenvalue weighted by molar-refractivity contribution is 5.78. The van der Waals surface area contributed by atoms with Gasteiger partial charge in [0.05, 0.1) is 23.7 Å². The van der Waals surface area contributed by atoms with Gasteiger partial charge in [-0.2, -0.15) is 0 Å². The summed E-state index contributed by atoms with van der Waals surface area (Å²) in [6, 6.07) is 9.83. The van der Waals surface area contributed by atoms with Gasteiger partial charge < -0.3 is 19.5 Å². The lowest BCUT2D eigenvalue weighted by Gasteiger charge is -2.10. The standard InChI is InChI=1S/C15H18N4O2/c1-10(20)8-16-15-17-13-5-3-4-6-14(13)19(15)9-12-7-11(2)21-18-12/h3-7,10,20H,8-9H2,1-2H3,(H,16,17)/t10-/m1/s1. The topological polar surface area (TPSA) is 76.1 Å². The number of aliphatic hydroxyl groups excluding tert-OH is 1. The van der Waals surface area contributed by atoms with Gasteiger partial charge in [-0.15, -0.1) is 0 Å². The second-order valence-electron chi connectivity index (χ2n) is 5.17. The van der Waals surface area contributed by atoms with E-state index >= 15 is 0 Å². The zero-order valence-electron chi connectivity index (χ0n) is 12.1. The summed E-state index contributed by atoms with van der Waals surface area (Å²) in [5, 5.41) is 16.7. The van der Waals surface area contributed by atoms with Gasteiger partial charge in [0.15, 0.2) is 0 Å². The molecule has 0 unspecified atom stereocenters. The zero-order chi connectivity index (χ0) is 14.8. The number of para-hydroxylation sites is 2. The van der Waals surface area contributed by atoms with Crippen LogP contribution >= 0.6 is 0 Å². The van der Waals surface area contributed by atoms with E-state index in [1.165, 1.54) is 0 Å². The first-order valence-electron chi connectivity index (χ1n) is 6.93. The number of aromatic nitrogens is 3. The first-order valence-corrected chi connectivity index (χ1v) is 6.93. The average molecular weight is 286 g/mol. The summed E-state index contributed by atoms with van der Waals surface area (Å²) in [5.41, 5.74) is 2.77. The molecule has 6 heteroatoms. The number of imidazole rings is 1. The molecule has 0 saturated heterocycles. The molecule has 110 valence electrons. The van der Waals surface area contributed by atoms with Crippen LogP contribution < -0.4 is 5.32 Å². The Morgan fingerprint density at radius 2 is 2.19 bits per heavy atom. The minimum Gasteiger partial charge on any atom is -0.392 e. The van der Waals surface area contributed by atoms with Crippen molar-refractivity contribution in [2.24, 2.45) is 0 Å². The molecular formula is C15H18N4O2. The highest BCUT2D eigenvalue weighted by Crippen LogP contribution is 2.21. The van der Waals surface area contributed by atoms with E-state index in [1.807, 2.05) is 41.8 Å². The van der Waals surface area contributed by atoms with Crippen molar-refractivity contribution in [3.63, 3.8) is 0 Å². The fourth-order valence-corrected chi connectivity index (χ4v) is 2.26. The summed E-state index contributed by atoms with van der Waals surface area (Å²) in [6.45, 7) is 4.62. The number of anilines is 1. The number of fused-ring (bicyclic) bond motifs is 1. The van der Waals surface area contributed by atoms with Crippen LogP contribution in [0.25, 0.3) is 11.0 Å². The Bertz CT molecular complexity index is 745. The predicted octanol–water partition coefficient (Wildman–Crippen LogP) is 2.17. The Morgan fingerprint density at radius 3 is 2.90 bits per heavy atom. The molecule has 0 fully saturated rings. The summed E-state index contributed by atoms with van der Waals surface area (Å²) in [6.07, 6.45) is -0.437. The van der Waals surface area contributed by atoms with Crippen LogP contribution in [0.3, 0.4) is 0 Å². The van der Waals surface area contributed by atoms with E-state index in [1.54, 1.807) is 6.92 Å². The molecule has 0 saturated carbocycles. The molecular weight excluding hydrogens is 268 g/mol. The van der Waals surface area contributed by atoms with E-state index in [9.17, 15) is 5.11 Å². The van der Waals surface area contributed by atoms with Gasteiger partial charge in [0.2, 0.25) is 5.95 Å². The molecule has 0 bridgehead atoms. The fourth-order valence-electron chi connectivity index (χ4n) is 2.26. The van der Waals surface area contributed by atoms with Crippen LogP contribution in [0, 0.1) is 6.92 Å². The van der Waals surface area contributed by atoms with Crippen molar-refractivity contribution in [1.29, 1.82) is 0 Å². The van der Waals surface area contributed by atoms with Gasteiger partial charge in [-0.3, -0.25) is 0 Å². The normalized spacial score (nSPS) is 12.7. The second-order valence-corrected chi connectivity index (χ2v) is 5.17. The van der Waals surface area contributed by atoms with Crippen LogP contribution in [0.4, 0.5) is 5.95 Å². The molecule has 6 nitrogen and oxygen atoms in total. The monoisotopic (exact) mass is 286 g/mol. The maximum Gasteiger partial charge on any atom is 0.204 e. The van der Waals surface area contributed by atoms with Gasteiger partial charge >= 0.3 is 0 Å². The predicted molar refractivity (Wildman–Crippen MR) is 80.2 cm³/mol. The Hall–Kier alpha value is -2.34. The number of rotatable bonds is 5. The molecule has 21 heavy (non-hydrogen) atoms. The van der Waals surface area contributed by atoms with Crippen LogP contribution in [0.2, 0.25) is 0 Å². The molecule has 0 amide bonds. The Kier molecular flexibility index (Phi) is 3.62. The Morgan fingerprint density at radius 1 is 1.38 bits per heavy atom. The van der Waals surface area contributed by atoms with Gasteiger partial charge in [-0.05, 0) is 26.0 Å². The molecule has 3 rings (SSSR count). The number of aryl methyl sites for hydroxylation is 1. The quantitative estimate of drug-likeness (QED) is 0.751. The smallest absolute Gasteiger partial charge is 0.204 e. The van der Waals surface area contributed by atoms with Gasteiger partial charge in [0.25, 0.3) is 0 Å². The molecule has 0 radical (unpaired) electrons. The number of hydrogen-bond donors (Lipinski definition) is 2. The molecule has 2 aromatic heterocycles. The van der Waals surface area contributed by atoms with E-state index in [-0.39, 0.29) is 0 Å². The van der Waals surface area contributed by atoms with E-state index in [2.05, 4.69) is 15.5 Å². The zero-order valence-corrected chi connectivity index (χ0v) is 12.1. The van der Waals surface area contributed by atoms with Gasteiger partial charge in [-0.1, -0.05) is 17.3 Å². The highest BCUT2D eigenvalue weighted by atomic mass is 16.5. The lowest BCUT2D eigenvalue weighted by Crippen LogP contribution is -2.18. The number of benzene rings is 1. The van der Waals surface area contributed by atoms with Crippen molar-refractivity contribution < 1.29 is 9.63 Å². The third-order valence-corrected chi connectivity index (χ3v) is 3.21. The average Bonchev–Trinajstić information content (AvgIpc) is 3.01. The lowest BCUT2D eigenvalue weighted by atomic mass is 10.3. The SMILES string of the molecule is Cc1cc(Cn2c(NC[C@@H](C)O)nc3ccccc32)no1. The molecule has 0 spiro atoms. The van der Waals surface area contributed by atoms with Gasteiger partial charge in [0, 0.05) is 12.6 Å². The van der Waals surface area contributed by atoms with Crippen LogP contribution in [0.15, 0.2) is 34.9 Å². The molecule has 2 heterocycles.